The van der Waals surface area contributed by atoms with E-state index in [1.807, 2.05) is 30.3 Å². The molecular formula is C34H38F3N3O3. The van der Waals surface area contributed by atoms with E-state index in [1.165, 1.54) is 34.7 Å². The van der Waals surface area contributed by atoms with Gasteiger partial charge < -0.3 is 19.9 Å². The van der Waals surface area contributed by atoms with Crippen molar-refractivity contribution in [1.29, 1.82) is 0 Å². The molecule has 2 fully saturated rings. The molecule has 43 heavy (non-hydrogen) atoms. The minimum atomic E-state index is -4.97. The van der Waals surface area contributed by atoms with Gasteiger partial charge in [-0.05, 0) is 42.4 Å². The van der Waals surface area contributed by atoms with Crippen LogP contribution in [0.4, 0.5) is 18.9 Å². The Balaban J connectivity index is 1.44. The Hall–Kier alpha value is -3.85. The van der Waals surface area contributed by atoms with Crippen LogP contribution in [0.15, 0.2) is 84.9 Å². The Kier molecular flexibility index (Phi) is 8.83. The van der Waals surface area contributed by atoms with Crippen molar-refractivity contribution in [3.05, 3.63) is 102 Å². The van der Waals surface area contributed by atoms with Gasteiger partial charge >= 0.3 is 6.18 Å². The van der Waals surface area contributed by atoms with E-state index in [2.05, 4.69) is 41.4 Å². The van der Waals surface area contributed by atoms with E-state index in [4.69, 9.17) is 4.74 Å². The summed E-state index contributed by atoms with van der Waals surface area (Å²) >= 11 is 0. The average Bonchev–Trinajstić information content (AvgIpc) is 3.01. The highest BCUT2D eigenvalue weighted by atomic mass is 19.4. The van der Waals surface area contributed by atoms with Crippen LogP contribution in [0.3, 0.4) is 0 Å². The summed E-state index contributed by atoms with van der Waals surface area (Å²) in [6, 6.07) is 25.5. The molecule has 0 bridgehead atoms. The normalized spacial score (nSPS) is 19.9. The lowest BCUT2D eigenvalue weighted by Crippen LogP contribution is -2.60. The maximum atomic E-state index is 14.6. The molecule has 0 saturated carbocycles. The summed E-state index contributed by atoms with van der Waals surface area (Å²) in [5.41, 5.74) is -0.492. The Labute approximate surface area is 250 Å². The first-order valence-corrected chi connectivity index (χ1v) is 14.8. The molecule has 0 aromatic heterocycles. The number of carbonyl (C=O) groups excluding carboxylic acids is 2. The van der Waals surface area contributed by atoms with Crippen molar-refractivity contribution < 1.29 is 27.5 Å². The van der Waals surface area contributed by atoms with Gasteiger partial charge in [-0.3, -0.25) is 9.59 Å². The van der Waals surface area contributed by atoms with Gasteiger partial charge in [0, 0.05) is 63.4 Å². The first kappa shape index (κ1) is 30.6. The Morgan fingerprint density at radius 2 is 1.58 bits per heavy atom. The molecule has 2 aliphatic heterocycles. The number of hydrogen-bond donors (Lipinski definition) is 1. The van der Waals surface area contributed by atoms with Crippen LogP contribution in [0.1, 0.15) is 48.8 Å². The zero-order chi connectivity index (χ0) is 30.7. The fraction of sp³-hybridized carbons (Fsp3) is 0.412. The fourth-order valence-corrected chi connectivity index (χ4v) is 6.92. The molecule has 2 amide bonds. The third kappa shape index (κ3) is 5.75. The van der Waals surface area contributed by atoms with Gasteiger partial charge in [-0.25, -0.2) is 0 Å². The second kappa shape index (κ2) is 12.4. The van der Waals surface area contributed by atoms with Crippen LogP contribution in [0.2, 0.25) is 0 Å². The number of carbonyl (C=O) groups is 2. The minimum Gasteiger partial charge on any atom is -0.367 e. The number of nitrogens with zero attached hydrogens (tertiary/aromatic N) is 2. The van der Waals surface area contributed by atoms with E-state index in [-0.39, 0.29) is 36.9 Å². The summed E-state index contributed by atoms with van der Waals surface area (Å²) < 4.78 is 49.0. The molecule has 6 nitrogen and oxygen atoms in total. The van der Waals surface area contributed by atoms with Crippen LogP contribution in [-0.4, -0.2) is 56.2 Å². The Bertz CT molecular complexity index is 1410. The highest BCUT2D eigenvalue weighted by Crippen LogP contribution is 2.52. The molecule has 228 valence electrons. The van der Waals surface area contributed by atoms with Gasteiger partial charge in [0.15, 0.2) is 0 Å². The number of piperidine rings is 2. The predicted molar refractivity (Wildman–Crippen MR) is 159 cm³/mol. The SMILES string of the molecule is CCN(Cc1ccccc1)c1ccccc1[C@H]1CNC(=O)CC12CCN(C(=O)[C@](OC)(c1ccccc1)C(F)(F)F)CC2. The lowest BCUT2D eigenvalue weighted by atomic mass is 9.62. The molecule has 2 aliphatic rings. The second-order valence-corrected chi connectivity index (χ2v) is 11.5. The summed E-state index contributed by atoms with van der Waals surface area (Å²) in [5.74, 6) is -1.26. The molecule has 0 aliphatic carbocycles. The summed E-state index contributed by atoms with van der Waals surface area (Å²) in [7, 11) is 0.928. The Morgan fingerprint density at radius 3 is 2.19 bits per heavy atom. The van der Waals surface area contributed by atoms with Crippen LogP contribution >= 0.6 is 0 Å². The predicted octanol–water partition coefficient (Wildman–Crippen LogP) is 6.03. The number of anilines is 1. The van der Waals surface area contributed by atoms with Crippen molar-refractivity contribution in [1.82, 2.24) is 10.2 Å². The van der Waals surface area contributed by atoms with E-state index in [9.17, 15) is 22.8 Å². The number of ether oxygens (including phenoxy) is 1. The van der Waals surface area contributed by atoms with Crippen LogP contribution < -0.4 is 10.2 Å². The highest BCUT2D eigenvalue weighted by molar-refractivity contribution is 5.88. The summed E-state index contributed by atoms with van der Waals surface area (Å²) in [6.45, 7) is 4.23. The largest absolute Gasteiger partial charge is 0.430 e. The summed E-state index contributed by atoms with van der Waals surface area (Å²) in [4.78, 5) is 30.1. The standard InChI is InChI=1S/C34H38F3N3O3/c1-3-39(24-25-12-6-4-7-13-25)29-17-11-10-16-27(29)28-23-38-30(41)22-32(28)18-20-40(21-19-32)31(42)33(43-2,34(35,36)37)26-14-8-5-9-15-26/h4-17,28H,3,18-24H2,1-2H3,(H,38,41)/t28-,33-/m1/s1. The molecule has 3 aromatic carbocycles. The molecule has 2 saturated heterocycles. The molecule has 0 unspecified atom stereocenters. The molecule has 1 spiro atoms. The van der Waals surface area contributed by atoms with Crippen molar-refractivity contribution in [2.75, 3.05) is 38.2 Å². The van der Waals surface area contributed by atoms with Crippen LogP contribution in [-0.2, 0) is 26.5 Å². The number of methoxy groups -OCH3 is 1. The molecule has 2 atom stereocenters. The second-order valence-electron chi connectivity index (χ2n) is 11.5. The average molecular weight is 594 g/mol. The number of halogens is 3. The van der Waals surface area contributed by atoms with Crippen molar-refractivity contribution in [2.24, 2.45) is 5.41 Å². The zero-order valence-electron chi connectivity index (χ0n) is 24.6. The first-order chi connectivity index (χ1) is 20.6. The summed E-state index contributed by atoms with van der Waals surface area (Å²) in [6.07, 6.45) is -3.90. The maximum absolute atomic E-state index is 14.6. The topological polar surface area (TPSA) is 61.9 Å². The number of likely N-dealkylation sites (tertiary alicyclic amines) is 1. The van der Waals surface area contributed by atoms with Crippen molar-refractivity contribution in [3.63, 3.8) is 0 Å². The van der Waals surface area contributed by atoms with Gasteiger partial charge in [0.2, 0.25) is 5.91 Å². The smallest absolute Gasteiger partial charge is 0.367 e. The lowest BCUT2D eigenvalue weighted by molar-refractivity contribution is -0.271. The third-order valence-electron chi connectivity index (χ3n) is 9.24. The van der Waals surface area contributed by atoms with E-state index < -0.39 is 23.1 Å². The van der Waals surface area contributed by atoms with Crippen LogP contribution in [0, 0.1) is 5.41 Å². The summed E-state index contributed by atoms with van der Waals surface area (Å²) in [5, 5.41) is 3.04. The quantitative estimate of drug-likeness (QED) is 0.347. The van der Waals surface area contributed by atoms with Crippen molar-refractivity contribution >= 4 is 17.5 Å². The lowest BCUT2D eigenvalue weighted by Gasteiger charge is -2.50. The highest BCUT2D eigenvalue weighted by Gasteiger charge is 2.64. The number of hydrogen-bond acceptors (Lipinski definition) is 4. The number of para-hydroxylation sites is 1. The van der Waals surface area contributed by atoms with E-state index in [0.29, 0.717) is 19.4 Å². The number of benzene rings is 3. The van der Waals surface area contributed by atoms with Crippen molar-refractivity contribution in [3.8, 4) is 0 Å². The van der Waals surface area contributed by atoms with E-state index in [1.54, 1.807) is 6.07 Å². The van der Waals surface area contributed by atoms with Gasteiger partial charge in [-0.2, -0.15) is 13.2 Å². The maximum Gasteiger partial charge on any atom is 0.430 e. The first-order valence-electron chi connectivity index (χ1n) is 14.8. The van der Waals surface area contributed by atoms with E-state index in [0.717, 1.165) is 31.5 Å². The molecule has 9 heteroatoms. The molecule has 2 heterocycles. The monoisotopic (exact) mass is 593 g/mol. The van der Waals surface area contributed by atoms with Crippen LogP contribution in [0.25, 0.3) is 0 Å². The van der Waals surface area contributed by atoms with Gasteiger partial charge in [0.1, 0.15) is 0 Å². The Morgan fingerprint density at radius 1 is 0.977 bits per heavy atom. The fourth-order valence-electron chi connectivity index (χ4n) is 6.92. The number of rotatable bonds is 8. The molecule has 3 aromatic rings. The molecule has 1 N–H and O–H groups in total. The minimum absolute atomic E-state index is 0.0626. The third-order valence-corrected chi connectivity index (χ3v) is 9.24. The van der Waals surface area contributed by atoms with E-state index >= 15 is 0 Å². The van der Waals surface area contributed by atoms with Gasteiger partial charge in [-0.1, -0.05) is 78.9 Å². The molecular weight excluding hydrogens is 555 g/mol. The van der Waals surface area contributed by atoms with Crippen molar-refractivity contribution in [2.45, 2.75) is 50.4 Å². The van der Waals surface area contributed by atoms with Gasteiger partial charge in [0.25, 0.3) is 11.5 Å². The van der Waals surface area contributed by atoms with Crippen LogP contribution in [0.5, 0.6) is 0 Å². The number of amides is 2. The molecule has 5 rings (SSSR count). The zero-order valence-corrected chi connectivity index (χ0v) is 24.6. The van der Waals surface area contributed by atoms with Gasteiger partial charge in [0.05, 0.1) is 0 Å². The molecule has 0 radical (unpaired) electrons. The van der Waals surface area contributed by atoms with Gasteiger partial charge in [-0.15, -0.1) is 0 Å². The number of nitrogens with one attached hydrogen (secondary N) is 1. The number of alkyl halides is 3.